The summed E-state index contributed by atoms with van der Waals surface area (Å²) in [5.74, 6) is 7.27. The van der Waals surface area contributed by atoms with Crippen molar-refractivity contribution in [2.45, 2.75) is 26.7 Å². The molecule has 4 heterocycles. The van der Waals surface area contributed by atoms with Gasteiger partial charge in [0.2, 0.25) is 0 Å². The van der Waals surface area contributed by atoms with E-state index < -0.39 is 5.91 Å². The van der Waals surface area contributed by atoms with E-state index in [4.69, 9.17) is 9.47 Å². The molecule has 212 valence electrons. The second-order valence-electron chi connectivity index (χ2n) is 9.95. The van der Waals surface area contributed by atoms with Gasteiger partial charge in [-0.2, -0.15) is 5.10 Å². The molecule has 1 aliphatic rings. The molecule has 1 amide bonds. The van der Waals surface area contributed by atoms with Crippen LogP contribution in [0.2, 0.25) is 0 Å². The van der Waals surface area contributed by atoms with Crippen molar-refractivity contribution in [3.63, 3.8) is 0 Å². The van der Waals surface area contributed by atoms with Crippen LogP contribution in [0.3, 0.4) is 0 Å². The minimum absolute atomic E-state index is 0.415. The van der Waals surface area contributed by atoms with Crippen LogP contribution in [0.4, 0.5) is 17.2 Å². The SMILES string of the molecule is CC#CC(=O)Nc1cc2c(Nc3ccc(Oc4ccn5ncnc5c4)c(C)c3)ncnc2cc1OCCN1CCCC1. The number of carbonyl (C=O) groups is 1. The van der Waals surface area contributed by atoms with Gasteiger partial charge < -0.3 is 20.1 Å². The largest absolute Gasteiger partial charge is 0.490 e. The van der Waals surface area contributed by atoms with Crippen LogP contribution in [-0.2, 0) is 4.79 Å². The van der Waals surface area contributed by atoms with Crippen LogP contribution in [0.25, 0.3) is 16.6 Å². The van der Waals surface area contributed by atoms with Crippen LogP contribution < -0.4 is 20.1 Å². The molecule has 1 saturated heterocycles. The molecule has 0 radical (unpaired) electrons. The summed E-state index contributed by atoms with van der Waals surface area (Å²) in [7, 11) is 0. The Morgan fingerprint density at radius 2 is 1.90 bits per heavy atom. The Hall–Kier alpha value is -5.21. The smallest absolute Gasteiger partial charge is 0.300 e. The number of nitrogens with one attached hydrogen (secondary N) is 2. The van der Waals surface area contributed by atoms with Gasteiger partial charge in [0.15, 0.2) is 5.65 Å². The number of carbonyl (C=O) groups excluding carboxylic acids is 1. The summed E-state index contributed by atoms with van der Waals surface area (Å²) < 4.78 is 13.9. The van der Waals surface area contributed by atoms with Gasteiger partial charge in [-0.3, -0.25) is 9.69 Å². The Morgan fingerprint density at radius 1 is 1.02 bits per heavy atom. The third-order valence-electron chi connectivity index (χ3n) is 7.00. The molecule has 5 aromatic rings. The highest BCUT2D eigenvalue weighted by atomic mass is 16.5. The molecule has 0 spiro atoms. The minimum atomic E-state index is -0.415. The molecular formula is C31H30N8O3. The molecule has 2 aromatic carbocycles. The number of benzene rings is 2. The summed E-state index contributed by atoms with van der Waals surface area (Å²) >= 11 is 0. The first kappa shape index (κ1) is 27.0. The van der Waals surface area contributed by atoms with Crippen LogP contribution in [0, 0.1) is 18.8 Å². The number of hydrogen-bond acceptors (Lipinski definition) is 9. The van der Waals surface area contributed by atoms with Crippen molar-refractivity contribution in [1.29, 1.82) is 0 Å². The molecule has 1 fully saturated rings. The summed E-state index contributed by atoms with van der Waals surface area (Å²) in [6.07, 6.45) is 7.24. The second kappa shape index (κ2) is 12.1. The maximum atomic E-state index is 12.4. The van der Waals surface area contributed by atoms with Gasteiger partial charge in [-0.25, -0.2) is 19.5 Å². The van der Waals surface area contributed by atoms with E-state index in [0.717, 1.165) is 42.0 Å². The van der Waals surface area contributed by atoms with Crippen LogP contribution in [-0.4, -0.2) is 61.6 Å². The average Bonchev–Trinajstić information content (AvgIpc) is 3.67. The van der Waals surface area contributed by atoms with Crippen LogP contribution >= 0.6 is 0 Å². The number of pyridine rings is 1. The Kier molecular flexibility index (Phi) is 7.79. The van der Waals surface area contributed by atoms with Gasteiger partial charge in [0.1, 0.15) is 42.3 Å². The van der Waals surface area contributed by atoms with Gasteiger partial charge in [0.05, 0.1) is 11.2 Å². The molecular weight excluding hydrogens is 532 g/mol. The van der Waals surface area contributed by atoms with Crippen molar-refractivity contribution in [3.8, 4) is 29.1 Å². The van der Waals surface area contributed by atoms with Crippen LogP contribution in [0.15, 0.2) is 61.3 Å². The predicted octanol–water partition coefficient (Wildman–Crippen LogP) is 4.95. The summed E-state index contributed by atoms with van der Waals surface area (Å²) in [5.41, 5.74) is 3.65. The quantitative estimate of drug-likeness (QED) is 0.241. The maximum Gasteiger partial charge on any atom is 0.300 e. The Labute approximate surface area is 242 Å². The number of anilines is 3. The second-order valence-corrected chi connectivity index (χ2v) is 9.95. The van der Waals surface area contributed by atoms with E-state index in [9.17, 15) is 4.79 Å². The van der Waals surface area contributed by atoms with E-state index in [1.165, 1.54) is 25.5 Å². The average molecular weight is 563 g/mol. The van der Waals surface area contributed by atoms with Gasteiger partial charge in [0, 0.05) is 35.9 Å². The Bertz CT molecular complexity index is 1820. The van der Waals surface area contributed by atoms with Crippen molar-refractivity contribution in [2.75, 3.05) is 36.9 Å². The van der Waals surface area contributed by atoms with Crippen molar-refractivity contribution < 1.29 is 14.3 Å². The van der Waals surface area contributed by atoms with Gasteiger partial charge in [-0.05, 0) is 81.6 Å². The molecule has 0 unspecified atom stereocenters. The maximum absolute atomic E-state index is 12.4. The first-order chi connectivity index (χ1) is 20.6. The summed E-state index contributed by atoms with van der Waals surface area (Å²) in [6.45, 7) is 7.10. The highest BCUT2D eigenvalue weighted by Crippen LogP contribution is 2.34. The van der Waals surface area contributed by atoms with Crippen molar-refractivity contribution in [1.82, 2.24) is 29.5 Å². The number of ether oxygens (including phenoxy) is 2. The van der Waals surface area contributed by atoms with Crippen molar-refractivity contribution in [2.24, 2.45) is 0 Å². The molecule has 0 aliphatic carbocycles. The van der Waals surface area contributed by atoms with E-state index >= 15 is 0 Å². The number of amides is 1. The molecule has 42 heavy (non-hydrogen) atoms. The monoisotopic (exact) mass is 562 g/mol. The lowest BCUT2D eigenvalue weighted by atomic mass is 10.1. The first-order valence-electron chi connectivity index (χ1n) is 13.8. The predicted molar refractivity (Wildman–Crippen MR) is 160 cm³/mol. The van der Waals surface area contributed by atoms with Gasteiger partial charge in [0.25, 0.3) is 5.91 Å². The standard InChI is InChI=1S/C31H30N8O3/c1-3-6-30(40)37-26-17-24-25(18-28(26)41-14-13-38-10-4-5-11-38)32-19-34-31(24)36-22-7-8-27(21(2)15-22)42-23-9-12-39-29(16-23)33-20-35-39/h7-9,12,15-20H,4-5,10-11,13-14H2,1-2H3,(H,37,40)(H,32,34,36). The molecule has 11 heteroatoms. The highest BCUT2D eigenvalue weighted by molar-refractivity contribution is 6.06. The van der Waals surface area contributed by atoms with Crippen LogP contribution in [0.1, 0.15) is 25.3 Å². The number of aryl methyl sites for hydroxylation is 1. The fraction of sp³-hybridized carbons (Fsp3) is 0.258. The van der Waals surface area contributed by atoms with E-state index in [1.54, 1.807) is 17.6 Å². The first-order valence-corrected chi connectivity index (χ1v) is 13.8. The molecule has 0 saturated carbocycles. The van der Waals surface area contributed by atoms with E-state index in [-0.39, 0.29) is 0 Å². The van der Waals surface area contributed by atoms with Gasteiger partial charge in [-0.1, -0.05) is 5.92 Å². The number of likely N-dealkylation sites (tertiary alicyclic amines) is 1. The van der Waals surface area contributed by atoms with E-state index in [1.807, 2.05) is 49.4 Å². The van der Waals surface area contributed by atoms with Crippen molar-refractivity contribution in [3.05, 3.63) is 66.9 Å². The fourth-order valence-corrected chi connectivity index (χ4v) is 4.92. The number of fused-ring (bicyclic) bond motifs is 2. The summed E-state index contributed by atoms with van der Waals surface area (Å²) in [6, 6.07) is 13.1. The number of rotatable bonds is 9. The van der Waals surface area contributed by atoms with Crippen molar-refractivity contribution >= 4 is 39.6 Å². The molecule has 1 aliphatic heterocycles. The zero-order chi connectivity index (χ0) is 28.9. The normalized spacial score (nSPS) is 13.1. The molecule has 6 rings (SSSR count). The zero-order valence-corrected chi connectivity index (χ0v) is 23.4. The van der Waals surface area contributed by atoms with Gasteiger partial charge >= 0.3 is 0 Å². The summed E-state index contributed by atoms with van der Waals surface area (Å²) in [4.78, 5) is 27.9. The minimum Gasteiger partial charge on any atom is -0.490 e. The third kappa shape index (κ3) is 6.09. The Balaban J connectivity index is 1.24. The lowest BCUT2D eigenvalue weighted by Gasteiger charge is -2.18. The molecule has 11 nitrogen and oxygen atoms in total. The summed E-state index contributed by atoms with van der Waals surface area (Å²) in [5, 5.41) is 11.1. The van der Waals surface area contributed by atoms with E-state index in [2.05, 4.69) is 47.4 Å². The number of aromatic nitrogens is 5. The molecule has 2 N–H and O–H groups in total. The van der Waals surface area contributed by atoms with E-state index in [0.29, 0.717) is 40.8 Å². The molecule has 3 aromatic heterocycles. The lowest BCUT2D eigenvalue weighted by molar-refractivity contribution is -0.111. The highest BCUT2D eigenvalue weighted by Gasteiger charge is 2.16. The topological polar surface area (TPSA) is 119 Å². The van der Waals surface area contributed by atoms with Gasteiger partial charge in [-0.15, -0.1) is 0 Å². The lowest BCUT2D eigenvalue weighted by Crippen LogP contribution is -2.25. The zero-order valence-electron chi connectivity index (χ0n) is 23.4. The third-order valence-corrected chi connectivity index (χ3v) is 7.00. The van der Waals surface area contributed by atoms with Crippen LogP contribution in [0.5, 0.6) is 17.2 Å². The molecule has 0 bridgehead atoms. The number of hydrogen-bond donors (Lipinski definition) is 2. The number of nitrogens with zero attached hydrogens (tertiary/aromatic N) is 6. The fourth-order valence-electron chi connectivity index (χ4n) is 4.92. The molecule has 0 atom stereocenters. The Morgan fingerprint density at radius 3 is 2.74 bits per heavy atom.